The van der Waals surface area contributed by atoms with E-state index in [0.29, 0.717) is 32.4 Å². The third-order valence-corrected chi connectivity index (χ3v) is 3.91. The zero-order chi connectivity index (χ0) is 17.0. The topological polar surface area (TPSA) is 58.2 Å². The molecule has 0 aliphatic heterocycles. The quantitative estimate of drug-likeness (QED) is 0.506. The zero-order valence-corrected chi connectivity index (χ0v) is 14.2. The summed E-state index contributed by atoms with van der Waals surface area (Å²) in [5.41, 5.74) is -2.03. The Morgan fingerprint density at radius 1 is 1.09 bits per heavy atom. The SMILES string of the molecule is CCCNC(=O)CCCCCNC(=O)C1(F)C#CCCCCC1. The standard InChI is InChI=1S/C18H29FN2O2/c1-2-14-20-16(22)11-7-6-10-15-21-17(23)18(19)12-8-4-3-5-9-13-18/h2-8,10-12,14-15H2,1H3,(H,20,22)(H,21,23). The van der Waals surface area contributed by atoms with Gasteiger partial charge in [-0.3, -0.25) is 9.59 Å². The largest absolute Gasteiger partial charge is 0.356 e. The molecule has 130 valence electrons. The molecule has 2 amide bonds. The number of carbonyl (C=O) groups is 2. The molecule has 1 unspecified atom stereocenters. The van der Waals surface area contributed by atoms with Gasteiger partial charge in [-0.1, -0.05) is 31.6 Å². The van der Waals surface area contributed by atoms with Crippen molar-refractivity contribution < 1.29 is 14.0 Å². The molecular formula is C18H29FN2O2. The highest BCUT2D eigenvalue weighted by atomic mass is 19.1. The molecule has 0 radical (unpaired) electrons. The molecule has 1 aliphatic carbocycles. The van der Waals surface area contributed by atoms with Gasteiger partial charge in [0.1, 0.15) is 0 Å². The first-order valence-corrected chi connectivity index (χ1v) is 8.82. The lowest BCUT2D eigenvalue weighted by Crippen LogP contribution is -2.43. The van der Waals surface area contributed by atoms with Crippen LogP contribution in [0.4, 0.5) is 4.39 Å². The smallest absolute Gasteiger partial charge is 0.270 e. The van der Waals surface area contributed by atoms with E-state index < -0.39 is 11.6 Å². The molecule has 1 aliphatic rings. The molecule has 0 aromatic rings. The monoisotopic (exact) mass is 324 g/mol. The van der Waals surface area contributed by atoms with E-state index in [2.05, 4.69) is 22.5 Å². The Labute approximate surface area is 139 Å². The van der Waals surface area contributed by atoms with Gasteiger partial charge in [-0.05, 0) is 32.1 Å². The number of unbranched alkanes of at least 4 members (excludes halogenated alkanes) is 2. The number of alkyl halides is 1. The lowest BCUT2D eigenvalue weighted by atomic mass is 9.94. The number of hydrogen-bond acceptors (Lipinski definition) is 2. The third-order valence-electron chi connectivity index (χ3n) is 3.91. The number of carbonyl (C=O) groups excluding carboxylic acids is 2. The van der Waals surface area contributed by atoms with Gasteiger partial charge in [0.25, 0.3) is 5.91 Å². The van der Waals surface area contributed by atoms with Crippen molar-refractivity contribution in [3.05, 3.63) is 0 Å². The van der Waals surface area contributed by atoms with Gasteiger partial charge in [-0.15, -0.1) is 0 Å². The first kappa shape index (κ1) is 19.5. The maximum atomic E-state index is 14.6. The van der Waals surface area contributed by atoms with E-state index in [1.54, 1.807) is 0 Å². The molecular weight excluding hydrogens is 295 g/mol. The maximum Gasteiger partial charge on any atom is 0.270 e. The Bertz CT molecular complexity index is 442. The van der Waals surface area contributed by atoms with Crippen molar-refractivity contribution in [2.24, 2.45) is 0 Å². The summed E-state index contributed by atoms with van der Waals surface area (Å²) in [6.45, 7) is 3.16. The lowest BCUT2D eigenvalue weighted by Gasteiger charge is -2.20. The average molecular weight is 324 g/mol. The molecule has 0 spiro atoms. The summed E-state index contributed by atoms with van der Waals surface area (Å²) in [5.74, 6) is 4.74. The Morgan fingerprint density at radius 3 is 2.70 bits per heavy atom. The predicted octanol–water partition coefficient (Wildman–Crippen LogP) is 2.87. The number of hydrogen-bond donors (Lipinski definition) is 2. The molecule has 1 atom stereocenters. The van der Waals surface area contributed by atoms with Gasteiger partial charge in [0, 0.05) is 32.4 Å². The summed E-state index contributed by atoms with van der Waals surface area (Å²) in [4.78, 5) is 23.4. The van der Waals surface area contributed by atoms with Gasteiger partial charge < -0.3 is 10.6 Å². The summed E-state index contributed by atoms with van der Waals surface area (Å²) >= 11 is 0. The summed E-state index contributed by atoms with van der Waals surface area (Å²) < 4.78 is 14.6. The number of halogens is 1. The average Bonchev–Trinajstić information content (AvgIpc) is 2.52. The van der Waals surface area contributed by atoms with Crippen LogP contribution in [0.5, 0.6) is 0 Å². The molecule has 0 aromatic carbocycles. The minimum Gasteiger partial charge on any atom is -0.356 e. The van der Waals surface area contributed by atoms with E-state index >= 15 is 0 Å². The van der Waals surface area contributed by atoms with Crippen molar-refractivity contribution in [1.82, 2.24) is 10.6 Å². The molecule has 0 aromatic heterocycles. The van der Waals surface area contributed by atoms with Crippen molar-refractivity contribution >= 4 is 11.8 Å². The second-order valence-corrected chi connectivity index (χ2v) is 6.08. The number of amides is 2. The normalized spacial score (nSPS) is 20.6. The van der Waals surface area contributed by atoms with Crippen LogP contribution in [0.3, 0.4) is 0 Å². The van der Waals surface area contributed by atoms with Crippen molar-refractivity contribution in [2.45, 2.75) is 76.8 Å². The molecule has 0 saturated carbocycles. The van der Waals surface area contributed by atoms with E-state index in [-0.39, 0.29) is 12.3 Å². The summed E-state index contributed by atoms with van der Waals surface area (Å²) in [7, 11) is 0. The Hall–Kier alpha value is -1.57. The molecule has 0 heterocycles. The summed E-state index contributed by atoms with van der Waals surface area (Å²) in [6, 6.07) is 0. The first-order valence-electron chi connectivity index (χ1n) is 8.82. The molecule has 1 rings (SSSR count). The van der Waals surface area contributed by atoms with Crippen LogP contribution in [0.25, 0.3) is 0 Å². The number of rotatable bonds is 9. The van der Waals surface area contributed by atoms with E-state index in [9.17, 15) is 14.0 Å². The molecule has 0 bridgehead atoms. The van der Waals surface area contributed by atoms with Crippen molar-refractivity contribution in [1.29, 1.82) is 0 Å². The molecule has 5 heteroatoms. The first-order chi connectivity index (χ1) is 11.1. The van der Waals surface area contributed by atoms with Crippen molar-refractivity contribution in [3.63, 3.8) is 0 Å². The molecule has 4 nitrogen and oxygen atoms in total. The predicted molar refractivity (Wildman–Crippen MR) is 89.5 cm³/mol. The molecule has 0 fully saturated rings. The van der Waals surface area contributed by atoms with Crippen LogP contribution in [0.15, 0.2) is 0 Å². The summed E-state index contributed by atoms with van der Waals surface area (Å²) in [5, 5.41) is 5.47. The highest BCUT2D eigenvalue weighted by Crippen LogP contribution is 2.22. The maximum absolute atomic E-state index is 14.6. The number of nitrogens with one attached hydrogen (secondary N) is 2. The van der Waals surface area contributed by atoms with Gasteiger partial charge >= 0.3 is 0 Å². The third kappa shape index (κ3) is 8.01. The van der Waals surface area contributed by atoms with Gasteiger partial charge in [0.15, 0.2) is 0 Å². The minimum absolute atomic E-state index is 0.0726. The fraction of sp³-hybridized carbons (Fsp3) is 0.778. The molecule has 23 heavy (non-hydrogen) atoms. The van der Waals surface area contributed by atoms with Crippen LogP contribution in [-0.2, 0) is 9.59 Å². The van der Waals surface area contributed by atoms with Crippen molar-refractivity contribution in [2.75, 3.05) is 13.1 Å². The van der Waals surface area contributed by atoms with Crippen LogP contribution in [0.2, 0.25) is 0 Å². The molecule has 0 saturated heterocycles. The Morgan fingerprint density at radius 2 is 1.91 bits per heavy atom. The second kappa shape index (κ2) is 11.0. The van der Waals surface area contributed by atoms with E-state index in [0.717, 1.165) is 38.5 Å². The minimum atomic E-state index is -2.03. The van der Waals surface area contributed by atoms with E-state index in [4.69, 9.17) is 0 Å². The van der Waals surface area contributed by atoms with Gasteiger partial charge in [-0.25, -0.2) is 4.39 Å². The Kier molecular flexibility index (Phi) is 9.35. The van der Waals surface area contributed by atoms with Crippen molar-refractivity contribution in [3.8, 4) is 11.8 Å². The van der Waals surface area contributed by atoms with E-state index in [1.165, 1.54) is 0 Å². The lowest BCUT2D eigenvalue weighted by molar-refractivity contribution is -0.130. The zero-order valence-electron chi connectivity index (χ0n) is 14.2. The van der Waals surface area contributed by atoms with Gasteiger partial charge in [0.05, 0.1) is 0 Å². The molecule has 2 N–H and O–H groups in total. The second-order valence-electron chi connectivity index (χ2n) is 6.08. The Balaban J connectivity index is 2.17. The fourth-order valence-corrected chi connectivity index (χ4v) is 2.48. The fourth-order valence-electron chi connectivity index (χ4n) is 2.48. The van der Waals surface area contributed by atoms with Crippen LogP contribution in [0.1, 0.15) is 71.1 Å². The van der Waals surface area contributed by atoms with E-state index in [1.807, 2.05) is 6.92 Å². The van der Waals surface area contributed by atoms with Gasteiger partial charge in [0.2, 0.25) is 11.6 Å². The summed E-state index contributed by atoms with van der Waals surface area (Å²) in [6.07, 6.45) is 7.27. The van der Waals surface area contributed by atoms with Gasteiger partial charge in [-0.2, -0.15) is 0 Å². The highest BCUT2D eigenvalue weighted by Gasteiger charge is 2.36. The highest BCUT2D eigenvalue weighted by molar-refractivity contribution is 5.88. The van der Waals surface area contributed by atoms with Crippen LogP contribution in [0, 0.1) is 11.8 Å². The van der Waals surface area contributed by atoms with Crippen LogP contribution in [-0.4, -0.2) is 30.6 Å². The van der Waals surface area contributed by atoms with Crippen LogP contribution < -0.4 is 10.6 Å². The van der Waals surface area contributed by atoms with Crippen LogP contribution >= 0.6 is 0 Å².